The van der Waals surface area contributed by atoms with Crippen molar-refractivity contribution in [2.45, 2.75) is 25.2 Å². The van der Waals surface area contributed by atoms with E-state index in [4.69, 9.17) is 0 Å². The largest absolute Gasteiger partial charge is 0.301 e. The molecule has 1 aliphatic heterocycles. The number of rotatable bonds is 0. The van der Waals surface area contributed by atoms with E-state index in [-0.39, 0.29) is 12.1 Å². The molecule has 2 aliphatic rings. The van der Waals surface area contributed by atoms with Crippen LogP contribution in [0.5, 0.6) is 0 Å². The first-order valence-electron chi connectivity index (χ1n) is 5.66. The van der Waals surface area contributed by atoms with Crippen LogP contribution in [0.3, 0.4) is 0 Å². The van der Waals surface area contributed by atoms with Gasteiger partial charge in [0.15, 0.2) is 0 Å². The number of hydrogen-bond acceptors (Lipinski definition) is 3. The zero-order valence-corrected chi connectivity index (χ0v) is 9.19. The van der Waals surface area contributed by atoms with Gasteiger partial charge in [0.05, 0.1) is 5.70 Å². The van der Waals surface area contributed by atoms with Crippen LogP contribution in [-0.2, 0) is 6.42 Å². The third-order valence-electron chi connectivity index (χ3n) is 3.21. The summed E-state index contributed by atoms with van der Waals surface area (Å²) in [7, 11) is 0. The molecule has 0 amide bonds. The molecule has 1 aromatic rings. The Hall–Kier alpha value is -1.62. The van der Waals surface area contributed by atoms with E-state index in [0.717, 1.165) is 11.1 Å². The average Bonchev–Trinajstić information content (AvgIpc) is 2.77. The minimum atomic E-state index is -2.81. The summed E-state index contributed by atoms with van der Waals surface area (Å²) in [6.07, 6.45) is 1.04. The van der Waals surface area contributed by atoms with E-state index in [2.05, 4.69) is 16.4 Å². The molecule has 0 radical (unpaired) electrons. The smallest absolute Gasteiger partial charge is 0.290 e. The molecule has 0 saturated heterocycles. The predicted molar refractivity (Wildman–Crippen MR) is 60.7 cm³/mol. The average molecular weight is 237 g/mol. The molecule has 1 heterocycles. The molecular weight excluding hydrogens is 224 g/mol. The molecule has 5 heteroatoms. The van der Waals surface area contributed by atoms with Gasteiger partial charge in [-0.1, -0.05) is 24.3 Å². The molecule has 3 nitrogen and oxygen atoms in total. The first kappa shape index (κ1) is 10.5. The minimum absolute atomic E-state index is 0.0512. The molecule has 0 aromatic heterocycles. The van der Waals surface area contributed by atoms with Crippen LogP contribution in [0.25, 0.3) is 5.70 Å². The van der Waals surface area contributed by atoms with Crippen molar-refractivity contribution in [3.8, 4) is 0 Å². The summed E-state index contributed by atoms with van der Waals surface area (Å²) >= 11 is 0. The van der Waals surface area contributed by atoms with Gasteiger partial charge >= 0.3 is 0 Å². The highest BCUT2D eigenvalue weighted by Crippen LogP contribution is 2.36. The van der Waals surface area contributed by atoms with Gasteiger partial charge in [-0.15, -0.1) is 0 Å². The Morgan fingerprint density at radius 1 is 1.12 bits per heavy atom. The van der Waals surface area contributed by atoms with Crippen molar-refractivity contribution in [1.29, 1.82) is 0 Å². The Morgan fingerprint density at radius 2 is 1.94 bits per heavy atom. The number of hydrazine groups is 2. The zero-order chi connectivity index (χ0) is 11.9. The summed E-state index contributed by atoms with van der Waals surface area (Å²) in [5.41, 5.74) is 10.2. The summed E-state index contributed by atoms with van der Waals surface area (Å²) in [5.74, 6) is -2.81. The van der Waals surface area contributed by atoms with Crippen LogP contribution < -0.4 is 16.4 Å². The normalized spacial score (nSPS) is 21.8. The van der Waals surface area contributed by atoms with Crippen molar-refractivity contribution in [2.24, 2.45) is 0 Å². The van der Waals surface area contributed by atoms with E-state index >= 15 is 0 Å². The topological polar surface area (TPSA) is 36.1 Å². The summed E-state index contributed by atoms with van der Waals surface area (Å²) < 4.78 is 27.8. The monoisotopic (exact) mass is 237 g/mol. The molecule has 0 bridgehead atoms. The third kappa shape index (κ3) is 1.67. The molecule has 0 spiro atoms. The minimum Gasteiger partial charge on any atom is -0.301 e. The number of allylic oxidation sites excluding steroid dienone is 1. The second-order valence-electron chi connectivity index (χ2n) is 4.34. The van der Waals surface area contributed by atoms with Gasteiger partial charge < -0.3 is 10.9 Å². The molecule has 0 saturated carbocycles. The second kappa shape index (κ2) is 3.70. The van der Waals surface area contributed by atoms with Gasteiger partial charge in [0.1, 0.15) is 5.70 Å². The molecule has 3 rings (SSSR count). The predicted octanol–water partition coefficient (Wildman–Crippen LogP) is 1.94. The summed E-state index contributed by atoms with van der Waals surface area (Å²) in [4.78, 5) is 0. The first-order valence-corrected chi connectivity index (χ1v) is 5.66. The number of nitrogens with one attached hydrogen (secondary N) is 3. The van der Waals surface area contributed by atoms with E-state index in [0.29, 0.717) is 18.5 Å². The van der Waals surface area contributed by atoms with Crippen molar-refractivity contribution in [1.82, 2.24) is 16.4 Å². The maximum absolute atomic E-state index is 13.9. The first-order chi connectivity index (χ1) is 8.18. The van der Waals surface area contributed by atoms with Crippen LogP contribution in [0.15, 0.2) is 30.0 Å². The summed E-state index contributed by atoms with van der Waals surface area (Å²) in [6, 6.07) is 7.66. The van der Waals surface area contributed by atoms with E-state index in [1.165, 1.54) is 0 Å². The van der Waals surface area contributed by atoms with Gasteiger partial charge in [-0.2, -0.15) is 14.3 Å². The fraction of sp³-hybridized carbons (Fsp3) is 0.333. The molecule has 0 unspecified atom stereocenters. The molecule has 0 fully saturated rings. The lowest BCUT2D eigenvalue weighted by atomic mass is 9.93. The summed E-state index contributed by atoms with van der Waals surface area (Å²) in [5, 5.41) is 0. The van der Waals surface area contributed by atoms with Crippen LogP contribution in [0.1, 0.15) is 24.0 Å². The molecule has 1 aromatic carbocycles. The highest BCUT2D eigenvalue weighted by molar-refractivity contribution is 5.71. The molecule has 3 N–H and O–H groups in total. The number of alkyl halides is 2. The van der Waals surface area contributed by atoms with Crippen molar-refractivity contribution in [2.75, 3.05) is 0 Å². The van der Waals surface area contributed by atoms with Gasteiger partial charge in [-0.05, 0) is 18.4 Å². The van der Waals surface area contributed by atoms with Crippen LogP contribution in [0.4, 0.5) is 8.78 Å². The molecule has 0 atom stereocenters. The Morgan fingerprint density at radius 3 is 2.82 bits per heavy atom. The van der Waals surface area contributed by atoms with Crippen LogP contribution in [0.2, 0.25) is 0 Å². The molecular formula is C12H13F2N3. The Bertz CT molecular complexity index is 482. The van der Waals surface area contributed by atoms with Crippen molar-refractivity contribution >= 4 is 5.70 Å². The number of hydrogen-bond donors (Lipinski definition) is 3. The van der Waals surface area contributed by atoms with Crippen LogP contribution in [0, 0.1) is 0 Å². The van der Waals surface area contributed by atoms with E-state index in [9.17, 15) is 8.78 Å². The Labute approximate surface area is 97.8 Å². The van der Waals surface area contributed by atoms with Gasteiger partial charge in [-0.3, -0.25) is 0 Å². The van der Waals surface area contributed by atoms with Gasteiger partial charge in [-0.25, -0.2) is 0 Å². The fourth-order valence-electron chi connectivity index (χ4n) is 2.37. The van der Waals surface area contributed by atoms with Crippen LogP contribution >= 0.6 is 0 Å². The van der Waals surface area contributed by atoms with E-state index in [1.54, 1.807) is 0 Å². The maximum atomic E-state index is 13.9. The fourth-order valence-corrected chi connectivity index (χ4v) is 2.37. The standard InChI is InChI=1S/C12H13F2N3/c13-12(14)7-3-5-8-4-1-2-6-9(8)10-11(12)16-17-15-10/h1-2,4,6,15-17H,3,5,7H2. The molecule has 17 heavy (non-hydrogen) atoms. The molecule has 90 valence electrons. The Balaban J connectivity index is 2.19. The van der Waals surface area contributed by atoms with Gasteiger partial charge in [0.2, 0.25) is 0 Å². The highest BCUT2D eigenvalue weighted by Gasteiger charge is 2.40. The van der Waals surface area contributed by atoms with E-state index < -0.39 is 5.92 Å². The van der Waals surface area contributed by atoms with E-state index in [1.807, 2.05) is 24.3 Å². The highest BCUT2D eigenvalue weighted by atomic mass is 19.3. The number of fused-ring (bicyclic) bond motifs is 2. The molecule has 1 aliphatic carbocycles. The lowest BCUT2D eigenvalue weighted by Crippen LogP contribution is -2.36. The lowest BCUT2D eigenvalue weighted by molar-refractivity contribution is 0.0236. The van der Waals surface area contributed by atoms with Crippen molar-refractivity contribution in [3.63, 3.8) is 0 Å². The second-order valence-corrected chi connectivity index (χ2v) is 4.34. The Kier molecular flexibility index (Phi) is 2.29. The zero-order valence-electron chi connectivity index (χ0n) is 9.19. The van der Waals surface area contributed by atoms with Crippen molar-refractivity contribution in [3.05, 3.63) is 41.1 Å². The number of aryl methyl sites for hydroxylation is 1. The lowest BCUT2D eigenvalue weighted by Gasteiger charge is -2.22. The van der Waals surface area contributed by atoms with Crippen LogP contribution in [-0.4, -0.2) is 5.92 Å². The maximum Gasteiger partial charge on any atom is 0.290 e. The number of benzene rings is 1. The quantitative estimate of drug-likeness (QED) is 0.645. The van der Waals surface area contributed by atoms with Gasteiger partial charge in [0.25, 0.3) is 5.92 Å². The SMILES string of the molecule is FC1(F)CCCc2ccccc2C2=C1NNN2. The van der Waals surface area contributed by atoms with Crippen molar-refractivity contribution < 1.29 is 8.78 Å². The van der Waals surface area contributed by atoms with Gasteiger partial charge in [0, 0.05) is 12.0 Å². The number of halogens is 2. The third-order valence-corrected chi connectivity index (χ3v) is 3.21. The summed E-state index contributed by atoms with van der Waals surface area (Å²) in [6.45, 7) is 0.